The van der Waals surface area contributed by atoms with Gasteiger partial charge in [-0.05, 0) is 79.7 Å². The topological polar surface area (TPSA) is 28.5 Å². The molecule has 1 aromatic heterocycles. The van der Waals surface area contributed by atoms with Gasteiger partial charge in [-0.2, -0.15) is 0 Å². The van der Waals surface area contributed by atoms with Gasteiger partial charge in [-0.3, -0.25) is 4.57 Å². The predicted molar refractivity (Wildman–Crippen MR) is 114 cm³/mol. The van der Waals surface area contributed by atoms with Crippen LogP contribution in [0.25, 0.3) is 10.9 Å². The van der Waals surface area contributed by atoms with E-state index >= 15 is 0 Å². The number of rotatable bonds is 7. The number of aromatic nitrogens is 1. The third-order valence-electron chi connectivity index (χ3n) is 4.95. The molecule has 0 amide bonds. The maximum atomic E-state index is 14.9. The lowest BCUT2D eigenvalue weighted by molar-refractivity contribution is 0.231. The van der Waals surface area contributed by atoms with Crippen LogP contribution >= 0.6 is 7.44 Å². The minimum Gasteiger partial charge on any atom is -0.351 e. The third kappa shape index (κ3) is 3.65. The molecule has 4 nitrogen and oxygen atoms in total. The summed E-state index contributed by atoms with van der Waals surface area (Å²) in [6.07, 6.45) is 2.06. The Bertz CT molecular complexity index is 752. The van der Waals surface area contributed by atoms with Crippen LogP contribution in [0.3, 0.4) is 0 Å². The lowest BCUT2D eigenvalue weighted by Gasteiger charge is -2.47. The summed E-state index contributed by atoms with van der Waals surface area (Å²) >= 11 is 0. The standard InChI is InChI=1S/C21H36N3OP/c1-15(2)23(16(3)4)26(25,24(17(5)6)18(7)8)20-10-11-21-19(14-20)12-13-22(21)9/h10-18H,1-9H3. The number of hydrogen-bond donors (Lipinski definition) is 0. The van der Waals surface area contributed by atoms with Gasteiger partial charge in [-0.15, -0.1) is 0 Å². The van der Waals surface area contributed by atoms with Crippen LogP contribution in [-0.4, -0.2) is 38.1 Å². The summed E-state index contributed by atoms with van der Waals surface area (Å²) in [7, 11) is -0.908. The summed E-state index contributed by atoms with van der Waals surface area (Å²) in [6.45, 7) is 17.2. The van der Waals surface area contributed by atoms with E-state index < -0.39 is 7.44 Å². The highest BCUT2D eigenvalue weighted by Gasteiger charge is 2.44. The molecule has 0 spiro atoms. The molecule has 0 saturated carbocycles. The molecule has 0 aliphatic carbocycles. The SMILES string of the molecule is CC(C)N(C(C)C)P(=O)(c1ccc2c(ccn2C)c1)N(C(C)C)C(C)C. The molecule has 2 rings (SSSR count). The Balaban J connectivity index is 2.78. The summed E-state index contributed by atoms with van der Waals surface area (Å²) in [5, 5.41) is 2.08. The molecule has 1 aromatic carbocycles. The Labute approximate surface area is 159 Å². The van der Waals surface area contributed by atoms with Crippen molar-refractivity contribution in [3.8, 4) is 0 Å². The minimum absolute atomic E-state index is 0.187. The molecule has 0 radical (unpaired) electrons. The number of fused-ring (bicyclic) bond motifs is 1. The molecule has 1 heterocycles. The van der Waals surface area contributed by atoms with Crippen LogP contribution in [0.2, 0.25) is 0 Å². The molecule has 5 heteroatoms. The molecule has 0 unspecified atom stereocenters. The molecule has 146 valence electrons. The molecule has 0 fully saturated rings. The first-order chi connectivity index (χ1) is 12.0. The van der Waals surface area contributed by atoms with Crippen LogP contribution in [0, 0.1) is 0 Å². The Hall–Kier alpha value is -1.09. The van der Waals surface area contributed by atoms with Crippen LogP contribution in [0.5, 0.6) is 0 Å². The number of nitrogens with zero attached hydrogens (tertiary/aromatic N) is 3. The third-order valence-corrected chi connectivity index (χ3v) is 9.00. The second kappa shape index (κ2) is 7.88. The normalized spacial score (nSPS) is 13.5. The highest BCUT2D eigenvalue weighted by molar-refractivity contribution is 7.67. The van der Waals surface area contributed by atoms with E-state index in [1.54, 1.807) is 0 Å². The van der Waals surface area contributed by atoms with Gasteiger partial charge < -0.3 is 4.57 Å². The van der Waals surface area contributed by atoms with Gasteiger partial charge in [0.1, 0.15) is 0 Å². The number of aryl methyl sites for hydroxylation is 1. The summed E-state index contributed by atoms with van der Waals surface area (Å²) in [5.41, 5.74) is 1.17. The molecule has 2 aromatic rings. The first-order valence-corrected chi connectivity index (χ1v) is 11.4. The van der Waals surface area contributed by atoms with Gasteiger partial charge in [0, 0.05) is 53.6 Å². The molecule has 0 bridgehead atoms. The van der Waals surface area contributed by atoms with Crippen molar-refractivity contribution in [2.75, 3.05) is 0 Å². The molecular weight excluding hydrogens is 341 g/mol. The maximum absolute atomic E-state index is 14.9. The van der Waals surface area contributed by atoms with Gasteiger partial charge in [0.25, 0.3) is 0 Å². The zero-order valence-electron chi connectivity index (χ0n) is 17.9. The number of hydrogen-bond acceptors (Lipinski definition) is 1. The minimum atomic E-state index is -2.95. The summed E-state index contributed by atoms with van der Waals surface area (Å²) < 4.78 is 21.4. The lowest BCUT2D eigenvalue weighted by Crippen LogP contribution is -2.48. The molecule has 0 atom stereocenters. The zero-order valence-corrected chi connectivity index (χ0v) is 18.8. The molecule has 0 saturated heterocycles. The van der Waals surface area contributed by atoms with E-state index in [1.165, 1.54) is 5.52 Å². The van der Waals surface area contributed by atoms with Crippen LogP contribution in [-0.2, 0) is 11.6 Å². The van der Waals surface area contributed by atoms with Gasteiger partial charge in [0.2, 0.25) is 7.44 Å². The quantitative estimate of drug-likeness (QED) is 0.618. The van der Waals surface area contributed by atoms with Crippen molar-refractivity contribution in [1.82, 2.24) is 13.9 Å². The molecular formula is C21H36N3OP. The van der Waals surface area contributed by atoms with Crippen LogP contribution in [0.4, 0.5) is 0 Å². The fourth-order valence-electron chi connectivity index (χ4n) is 4.28. The highest BCUT2D eigenvalue weighted by Crippen LogP contribution is 2.56. The van der Waals surface area contributed by atoms with Gasteiger partial charge in [-0.25, -0.2) is 9.34 Å². The maximum Gasteiger partial charge on any atom is 0.246 e. The largest absolute Gasteiger partial charge is 0.351 e. The zero-order chi connectivity index (χ0) is 19.8. The molecule has 0 aliphatic rings. The van der Waals surface area contributed by atoms with Gasteiger partial charge in [0.15, 0.2) is 0 Å². The van der Waals surface area contributed by atoms with E-state index in [2.05, 4.69) is 99.8 Å². The van der Waals surface area contributed by atoms with Crippen molar-refractivity contribution < 1.29 is 4.57 Å². The Morgan fingerprint density at radius 1 is 0.808 bits per heavy atom. The van der Waals surface area contributed by atoms with Crippen molar-refractivity contribution in [2.45, 2.75) is 79.6 Å². The van der Waals surface area contributed by atoms with Crippen molar-refractivity contribution >= 4 is 23.7 Å². The van der Waals surface area contributed by atoms with Crippen LogP contribution < -0.4 is 5.30 Å². The highest BCUT2D eigenvalue weighted by atomic mass is 31.2. The van der Waals surface area contributed by atoms with E-state index in [0.29, 0.717) is 0 Å². The van der Waals surface area contributed by atoms with Crippen molar-refractivity contribution in [3.63, 3.8) is 0 Å². The summed E-state index contributed by atoms with van der Waals surface area (Å²) in [5.74, 6) is 0. The Kier molecular flexibility index (Phi) is 6.43. The first-order valence-electron chi connectivity index (χ1n) is 9.75. The van der Waals surface area contributed by atoms with E-state index in [0.717, 1.165) is 10.7 Å². The Morgan fingerprint density at radius 3 is 1.69 bits per heavy atom. The molecule has 0 aliphatic heterocycles. The predicted octanol–water partition coefficient (Wildman–Crippen LogP) is 5.23. The average molecular weight is 378 g/mol. The fraction of sp³-hybridized carbons (Fsp3) is 0.619. The smallest absolute Gasteiger partial charge is 0.246 e. The second-order valence-corrected chi connectivity index (χ2v) is 10.9. The van der Waals surface area contributed by atoms with E-state index in [1.807, 2.05) is 7.05 Å². The van der Waals surface area contributed by atoms with Gasteiger partial charge >= 0.3 is 0 Å². The first kappa shape index (κ1) is 21.2. The van der Waals surface area contributed by atoms with E-state index in [4.69, 9.17) is 0 Å². The van der Waals surface area contributed by atoms with Crippen molar-refractivity contribution in [2.24, 2.45) is 7.05 Å². The Morgan fingerprint density at radius 2 is 1.27 bits per heavy atom. The summed E-state index contributed by atoms with van der Waals surface area (Å²) in [4.78, 5) is 0. The summed E-state index contributed by atoms with van der Waals surface area (Å²) in [6, 6.07) is 9.16. The second-order valence-electron chi connectivity index (χ2n) is 8.35. The number of benzene rings is 1. The lowest BCUT2D eigenvalue weighted by atomic mass is 10.2. The van der Waals surface area contributed by atoms with Gasteiger partial charge in [0.05, 0.1) is 0 Å². The van der Waals surface area contributed by atoms with Crippen LogP contribution in [0.1, 0.15) is 55.4 Å². The van der Waals surface area contributed by atoms with E-state index in [9.17, 15) is 4.57 Å². The van der Waals surface area contributed by atoms with Crippen molar-refractivity contribution in [3.05, 3.63) is 30.5 Å². The van der Waals surface area contributed by atoms with Crippen molar-refractivity contribution in [1.29, 1.82) is 0 Å². The molecule has 26 heavy (non-hydrogen) atoms. The average Bonchev–Trinajstić information content (AvgIpc) is 2.86. The van der Waals surface area contributed by atoms with Gasteiger partial charge in [-0.1, -0.05) is 0 Å². The van der Waals surface area contributed by atoms with E-state index in [-0.39, 0.29) is 24.2 Å². The fourth-order valence-corrected chi connectivity index (χ4v) is 8.13. The van der Waals surface area contributed by atoms with Crippen LogP contribution in [0.15, 0.2) is 30.5 Å². The monoisotopic (exact) mass is 377 g/mol. The molecule has 0 N–H and O–H groups in total.